The van der Waals surface area contributed by atoms with E-state index in [2.05, 4.69) is 11.6 Å². The molecular formula is C26H22F2N4O2. The van der Waals surface area contributed by atoms with Crippen LogP contribution in [0.3, 0.4) is 0 Å². The van der Waals surface area contributed by atoms with Gasteiger partial charge in [0.15, 0.2) is 0 Å². The average molecular weight is 460 g/mol. The van der Waals surface area contributed by atoms with Crippen LogP contribution in [0.25, 0.3) is 16.8 Å². The quantitative estimate of drug-likeness (QED) is 0.376. The lowest BCUT2D eigenvalue weighted by Gasteiger charge is -2.22. The second kappa shape index (κ2) is 9.05. The van der Waals surface area contributed by atoms with E-state index in [0.29, 0.717) is 12.3 Å². The topological polar surface area (TPSA) is 59.7 Å². The lowest BCUT2D eigenvalue weighted by molar-refractivity contribution is -0.127. The fourth-order valence-corrected chi connectivity index (χ4v) is 4.36. The van der Waals surface area contributed by atoms with Crippen LogP contribution < -0.4 is 4.74 Å². The third kappa shape index (κ3) is 3.91. The highest BCUT2D eigenvalue weighted by atomic mass is 19.1. The van der Waals surface area contributed by atoms with E-state index < -0.39 is 11.6 Å². The van der Waals surface area contributed by atoms with Crippen molar-refractivity contribution in [2.45, 2.75) is 25.5 Å². The van der Waals surface area contributed by atoms with Gasteiger partial charge in [-0.15, -0.1) is 0 Å². The zero-order valence-corrected chi connectivity index (χ0v) is 18.3. The number of hydrogen-bond donors (Lipinski definition) is 0. The summed E-state index contributed by atoms with van der Waals surface area (Å²) in [5.74, 6) is -0.140. The molecule has 8 heteroatoms. The Kier molecular flexibility index (Phi) is 5.79. The summed E-state index contributed by atoms with van der Waals surface area (Å²) in [4.78, 5) is 23.3. The fourth-order valence-electron chi connectivity index (χ4n) is 4.36. The zero-order chi connectivity index (χ0) is 23.7. The van der Waals surface area contributed by atoms with Gasteiger partial charge in [0.05, 0.1) is 29.0 Å². The van der Waals surface area contributed by atoms with Crippen molar-refractivity contribution in [3.8, 4) is 17.0 Å². The molecule has 0 bridgehead atoms. The minimum atomic E-state index is -0.642. The smallest absolute Gasteiger partial charge is 0.246 e. The number of aromatic nitrogens is 3. The number of halogens is 2. The van der Waals surface area contributed by atoms with Crippen LogP contribution in [-0.4, -0.2) is 31.7 Å². The van der Waals surface area contributed by atoms with Gasteiger partial charge in [-0.05, 0) is 55.3 Å². The molecule has 4 aromatic rings. The molecule has 6 nitrogen and oxygen atoms in total. The van der Waals surface area contributed by atoms with Crippen molar-refractivity contribution in [2.24, 2.45) is 0 Å². The highest BCUT2D eigenvalue weighted by Crippen LogP contribution is 2.35. The highest BCUT2D eigenvalue weighted by molar-refractivity contribution is 5.87. The largest absolute Gasteiger partial charge is 0.489 e. The molecule has 1 atom stereocenters. The Labute approximate surface area is 195 Å². The van der Waals surface area contributed by atoms with E-state index >= 15 is 0 Å². The van der Waals surface area contributed by atoms with E-state index in [9.17, 15) is 13.6 Å². The van der Waals surface area contributed by atoms with E-state index in [1.54, 1.807) is 29.4 Å². The second-order valence-corrected chi connectivity index (χ2v) is 8.06. The number of nitrogens with zero attached hydrogens (tertiary/aromatic N) is 4. The number of hydrogen-bond acceptors (Lipinski definition) is 4. The monoisotopic (exact) mass is 460 g/mol. The van der Waals surface area contributed by atoms with Crippen molar-refractivity contribution < 1.29 is 18.3 Å². The first-order valence-corrected chi connectivity index (χ1v) is 11.0. The maximum absolute atomic E-state index is 13.9. The number of carbonyl (C=O) groups is 1. The molecule has 2 aromatic carbocycles. The molecule has 0 saturated carbocycles. The Bertz CT molecular complexity index is 1350. The summed E-state index contributed by atoms with van der Waals surface area (Å²) in [6.45, 7) is 4.07. The van der Waals surface area contributed by atoms with Gasteiger partial charge in [0.2, 0.25) is 5.91 Å². The van der Waals surface area contributed by atoms with Crippen LogP contribution >= 0.6 is 0 Å². The highest BCUT2D eigenvalue weighted by Gasteiger charge is 2.32. The molecule has 1 unspecified atom stereocenters. The molecule has 1 saturated heterocycles. The zero-order valence-electron chi connectivity index (χ0n) is 18.3. The number of rotatable bonds is 6. The SMILES string of the molecule is C=CC(=O)N1CCCC1c1nc(-c2ccc(OCc3c(F)cccc3F)cc2)c2cnccn12. The van der Waals surface area contributed by atoms with E-state index in [-0.39, 0.29) is 24.1 Å². The van der Waals surface area contributed by atoms with Gasteiger partial charge in [-0.2, -0.15) is 0 Å². The molecule has 0 spiro atoms. The number of benzene rings is 2. The molecule has 172 valence electrons. The van der Waals surface area contributed by atoms with Crippen molar-refractivity contribution >= 4 is 11.4 Å². The van der Waals surface area contributed by atoms with Crippen molar-refractivity contribution in [1.82, 2.24) is 19.3 Å². The van der Waals surface area contributed by atoms with E-state index in [1.165, 1.54) is 24.3 Å². The van der Waals surface area contributed by atoms with Crippen LogP contribution in [0, 0.1) is 11.6 Å². The van der Waals surface area contributed by atoms with Gasteiger partial charge in [0, 0.05) is 24.5 Å². The summed E-state index contributed by atoms with van der Waals surface area (Å²) >= 11 is 0. The maximum atomic E-state index is 13.9. The number of carbonyl (C=O) groups excluding carboxylic acids is 1. The van der Waals surface area contributed by atoms with Crippen LogP contribution in [0.5, 0.6) is 5.75 Å². The van der Waals surface area contributed by atoms with Crippen molar-refractivity contribution in [3.63, 3.8) is 0 Å². The maximum Gasteiger partial charge on any atom is 0.246 e. The van der Waals surface area contributed by atoms with Gasteiger partial charge in [0.25, 0.3) is 0 Å². The summed E-state index contributed by atoms with van der Waals surface area (Å²) < 4.78 is 35.3. The second-order valence-electron chi connectivity index (χ2n) is 8.06. The van der Waals surface area contributed by atoms with Crippen molar-refractivity contribution in [2.75, 3.05) is 6.54 Å². The fraction of sp³-hybridized carbons (Fsp3) is 0.192. The summed E-state index contributed by atoms with van der Waals surface area (Å²) in [6, 6.07) is 10.7. The lowest BCUT2D eigenvalue weighted by atomic mass is 10.1. The Balaban J connectivity index is 1.43. The summed E-state index contributed by atoms with van der Waals surface area (Å²) in [5.41, 5.74) is 2.27. The Morgan fingerprint density at radius 1 is 1.18 bits per heavy atom. The first-order chi connectivity index (χ1) is 16.6. The standard InChI is InChI=1S/C26H22F2N4O2/c1-2-24(33)31-13-4-7-22(31)26-30-25(23-15-29-12-14-32(23)26)17-8-10-18(11-9-17)34-16-19-20(27)5-3-6-21(19)28/h2-3,5-6,8-12,14-15,22H,1,4,7,13,16H2. The van der Waals surface area contributed by atoms with Crippen LogP contribution in [0.1, 0.15) is 30.3 Å². The molecule has 3 heterocycles. The number of likely N-dealkylation sites (tertiary alicyclic amines) is 1. The summed E-state index contributed by atoms with van der Waals surface area (Å²) in [5, 5.41) is 0. The van der Waals surface area contributed by atoms with Gasteiger partial charge >= 0.3 is 0 Å². The van der Waals surface area contributed by atoms with Crippen LogP contribution in [-0.2, 0) is 11.4 Å². The molecule has 1 aliphatic heterocycles. The Morgan fingerprint density at radius 2 is 1.94 bits per heavy atom. The number of ether oxygens (including phenoxy) is 1. The van der Waals surface area contributed by atoms with Gasteiger partial charge in [-0.3, -0.25) is 14.2 Å². The van der Waals surface area contributed by atoms with Crippen LogP contribution in [0.4, 0.5) is 8.78 Å². The minimum absolute atomic E-state index is 0.109. The molecule has 34 heavy (non-hydrogen) atoms. The van der Waals surface area contributed by atoms with Crippen LogP contribution in [0.2, 0.25) is 0 Å². The number of amides is 1. The molecule has 0 N–H and O–H groups in total. The van der Waals surface area contributed by atoms with Crippen molar-refractivity contribution in [3.05, 3.63) is 96.7 Å². The molecule has 0 aliphatic carbocycles. The number of fused-ring (bicyclic) bond motifs is 1. The van der Waals surface area contributed by atoms with Gasteiger partial charge in [-0.25, -0.2) is 13.8 Å². The third-order valence-electron chi connectivity index (χ3n) is 6.06. The predicted molar refractivity (Wildman–Crippen MR) is 123 cm³/mol. The summed E-state index contributed by atoms with van der Waals surface area (Å²) in [6.07, 6.45) is 8.33. The predicted octanol–water partition coefficient (Wildman–Crippen LogP) is 5.10. The first-order valence-electron chi connectivity index (χ1n) is 11.0. The molecular weight excluding hydrogens is 438 g/mol. The Hall–Kier alpha value is -4.07. The van der Waals surface area contributed by atoms with Gasteiger partial charge < -0.3 is 9.64 Å². The van der Waals surface area contributed by atoms with Crippen molar-refractivity contribution in [1.29, 1.82) is 0 Å². The molecule has 5 rings (SSSR count). The van der Waals surface area contributed by atoms with E-state index in [4.69, 9.17) is 9.72 Å². The molecule has 0 radical (unpaired) electrons. The molecule has 1 amide bonds. The number of imidazole rings is 1. The van der Waals surface area contributed by atoms with E-state index in [1.807, 2.05) is 22.7 Å². The lowest BCUT2D eigenvalue weighted by Crippen LogP contribution is -2.29. The normalized spacial score (nSPS) is 15.6. The molecule has 2 aromatic heterocycles. The van der Waals surface area contributed by atoms with Crippen LogP contribution in [0.15, 0.2) is 73.7 Å². The van der Waals surface area contributed by atoms with Gasteiger partial charge in [0.1, 0.15) is 29.8 Å². The third-order valence-corrected chi connectivity index (χ3v) is 6.06. The van der Waals surface area contributed by atoms with E-state index in [0.717, 1.165) is 35.4 Å². The van der Waals surface area contributed by atoms with Gasteiger partial charge in [-0.1, -0.05) is 12.6 Å². The first kappa shape index (κ1) is 21.8. The molecule has 1 fully saturated rings. The Morgan fingerprint density at radius 3 is 2.68 bits per heavy atom. The minimum Gasteiger partial charge on any atom is -0.489 e. The average Bonchev–Trinajstić information content (AvgIpc) is 3.49. The molecule has 1 aliphatic rings. The summed E-state index contributed by atoms with van der Waals surface area (Å²) in [7, 11) is 0.